The van der Waals surface area contributed by atoms with E-state index in [1.54, 1.807) is 30.5 Å². The quantitative estimate of drug-likeness (QED) is 0.615. The zero-order valence-corrected chi connectivity index (χ0v) is 13.0. The predicted octanol–water partition coefficient (Wildman–Crippen LogP) is 3.65. The minimum Gasteiger partial charge on any atom is -0.417 e. The van der Waals surface area contributed by atoms with Crippen molar-refractivity contribution < 1.29 is 14.3 Å². The Bertz CT molecular complexity index is 552. The van der Waals surface area contributed by atoms with Gasteiger partial charge in [0.1, 0.15) is 5.75 Å². The first kappa shape index (κ1) is 15.1. The molecule has 0 aliphatic heterocycles. The second kappa shape index (κ2) is 5.58. The summed E-state index contributed by atoms with van der Waals surface area (Å²) in [7, 11) is 3.54. The molecule has 20 heavy (non-hydrogen) atoms. The van der Waals surface area contributed by atoms with Gasteiger partial charge >= 0.3 is 5.30 Å². The molecule has 0 bridgehead atoms. The third kappa shape index (κ3) is 3.22. The second-order valence-electron chi connectivity index (χ2n) is 5.77. The second-order valence-corrected chi connectivity index (χ2v) is 7.02. The van der Waals surface area contributed by atoms with E-state index in [0.29, 0.717) is 17.7 Å². The number of ether oxygens (including phenoxy) is 1. The van der Waals surface area contributed by atoms with E-state index in [1.165, 1.54) is 0 Å². The predicted molar refractivity (Wildman–Crippen MR) is 80.3 cm³/mol. The molecule has 0 unspecified atom stereocenters. The molecule has 1 aliphatic carbocycles. The maximum Gasteiger partial charge on any atom is 0.388 e. The average Bonchev–Trinajstić information content (AvgIpc) is 2.33. The molecule has 0 N–H and O–H groups in total. The van der Waals surface area contributed by atoms with Gasteiger partial charge in [0.2, 0.25) is 0 Å². The summed E-state index contributed by atoms with van der Waals surface area (Å²) in [6.07, 6.45) is 1.40. The van der Waals surface area contributed by atoms with E-state index in [0.717, 1.165) is 23.9 Å². The highest BCUT2D eigenvalue weighted by Gasteiger charge is 2.31. The molecule has 0 heterocycles. The molecule has 0 spiro atoms. The van der Waals surface area contributed by atoms with E-state index in [4.69, 9.17) is 4.74 Å². The first-order valence-electron chi connectivity index (χ1n) is 6.54. The number of benzene rings is 1. The topological polar surface area (TPSA) is 46.6 Å². The van der Waals surface area contributed by atoms with Gasteiger partial charge < -0.3 is 4.74 Å². The number of rotatable bonds is 2. The van der Waals surface area contributed by atoms with Crippen molar-refractivity contribution in [2.45, 2.75) is 32.1 Å². The van der Waals surface area contributed by atoms with Crippen LogP contribution in [0.2, 0.25) is 0 Å². The Morgan fingerprint density at radius 3 is 2.70 bits per heavy atom. The first-order valence-corrected chi connectivity index (χ1v) is 7.32. The van der Waals surface area contributed by atoms with E-state index in [-0.39, 0.29) is 11.2 Å². The van der Waals surface area contributed by atoms with Gasteiger partial charge in [0.25, 0.3) is 0 Å². The molecule has 0 amide bonds. The lowest BCUT2D eigenvalue weighted by atomic mass is 9.72. The number of hydrogen-bond donors (Lipinski definition) is 0. The van der Waals surface area contributed by atoms with Crippen LogP contribution in [-0.2, 0) is 5.41 Å². The molecule has 0 aromatic heterocycles. The molecule has 1 aromatic rings. The Kier molecular flexibility index (Phi) is 4.20. The molecule has 1 aromatic carbocycles. The lowest BCUT2D eigenvalue weighted by molar-refractivity contribution is 0.0956. The Morgan fingerprint density at radius 2 is 2.05 bits per heavy atom. The van der Waals surface area contributed by atoms with Crippen LogP contribution in [0.25, 0.3) is 0 Å². The van der Waals surface area contributed by atoms with Gasteiger partial charge in [0.15, 0.2) is 5.78 Å². The van der Waals surface area contributed by atoms with Gasteiger partial charge in [0.05, 0.1) is 0 Å². The Morgan fingerprint density at radius 1 is 1.35 bits per heavy atom. The van der Waals surface area contributed by atoms with E-state index >= 15 is 0 Å². The summed E-state index contributed by atoms with van der Waals surface area (Å²) in [4.78, 5) is 23.6. The van der Waals surface area contributed by atoms with Crippen LogP contribution in [0.5, 0.6) is 5.75 Å². The van der Waals surface area contributed by atoms with Gasteiger partial charge in [0, 0.05) is 23.9 Å². The number of Topliss-reactive ketones (excluding diaryl/α,β-unsaturated/α-hetero) is 1. The highest BCUT2D eigenvalue weighted by atomic mass is 32.2. The molecule has 0 saturated carbocycles. The van der Waals surface area contributed by atoms with Crippen LogP contribution in [0, 0.1) is 0 Å². The summed E-state index contributed by atoms with van der Waals surface area (Å²) in [6.45, 7) is 4.26. The van der Waals surface area contributed by atoms with Crippen LogP contribution in [0.4, 0.5) is 4.79 Å². The van der Waals surface area contributed by atoms with Crippen LogP contribution in [0.15, 0.2) is 18.2 Å². The van der Waals surface area contributed by atoms with Gasteiger partial charge in [-0.25, -0.2) is 9.10 Å². The van der Waals surface area contributed by atoms with Crippen LogP contribution in [0.1, 0.15) is 42.6 Å². The number of hydrogen-bond acceptors (Lipinski definition) is 5. The van der Waals surface area contributed by atoms with E-state index < -0.39 is 5.30 Å². The van der Waals surface area contributed by atoms with E-state index in [1.807, 2.05) is 6.07 Å². The van der Waals surface area contributed by atoms with Crippen molar-refractivity contribution in [1.82, 2.24) is 4.31 Å². The zero-order chi connectivity index (χ0) is 14.9. The minimum absolute atomic E-state index is 0.00975. The number of fused-ring (bicyclic) bond motifs is 1. The number of nitrogens with zero attached hydrogens (tertiary/aromatic N) is 1. The molecule has 0 saturated heterocycles. The van der Waals surface area contributed by atoms with Crippen molar-refractivity contribution in [3.63, 3.8) is 0 Å². The summed E-state index contributed by atoms with van der Waals surface area (Å²) in [5.74, 6) is 0.548. The Balaban J connectivity index is 2.25. The van der Waals surface area contributed by atoms with Gasteiger partial charge in [-0.1, -0.05) is 19.9 Å². The Hall–Kier alpha value is -1.33. The summed E-state index contributed by atoms with van der Waals surface area (Å²) >= 11 is 0.975. The monoisotopic (exact) mass is 293 g/mol. The molecule has 4 nitrogen and oxygen atoms in total. The Labute approximate surface area is 123 Å². The van der Waals surface area contributed by atoms with Gasteiger partial charge in [-0.2, -0.15) is 0 Å². The fourth-order valence-electron chi connectivity index (χ4n) is 2.37. The third-order valence-electron chi connectivity index (χ3n) is 3.46. The minimum atomic E-state index is -0.405. The SMILES string of the molecule is CN(C)SC(=O)Oc1ccc2c(c1)C(=O)CCC2(C)C. The number of carbonyl (C=O) groups is 2. The van der Waals surface area contributed by atoms with Crippen molar-refractivity contribution in [2.24, 2.45) is 0 Å². The molecule has 2 rings (SSSR count). The smallest absolute Gasteiger partial charge is 0.388 e. The van der Waals surface area contributed by atoms with Crippen LogP contribution in [0.3, 0.4) is 0 Å². The van der Waals surface area contributed by atoms with Crippen molar-refractivity contribution in [2.75, 3.05) is 14.1 Å². The largest absolute Gasteiger partial charge is 0.417 e. The highest BCUT2D eigenvalue weighted by molar-refractivity contribution is 8.11. The van der Waals surface area contributed by atoms with E-state index in [9.17, 15) is 9.59 Å². The molecule has 0 atom stereocenters. The zero-order valence-electron chi connectivity index (χ0n) is 12.2. The lowest BCUT2D eigenvalue weighted by Crippen LogP contribution is -2.27. The molecule has 0 fully saturated rings. The van der Waals surface area contributed by atoms with Crippen molar-refractivity contribution in [3.8, 4) is 5.75 Å². The average molecular weight is 293 g/mol. The van der Waals surface area contributed by atoms with Gasteiger partial charge in [-0.05, 0) is 43.6 Å². The third-order valence-corrected chi connectivity index (χ3v) is 4.05. The lowest BCUT2D eigenvalue weighted by Gasteiger charge is -2.31. The summed E-state index contributed by atoms with van der Waals surface area (Å²) in [6, 6.07) is 5.34. The normalized spacial score (nSPS) is 16.9. The summed E-state index contributed by atoms with van der Waals surface area (Å²) < 4.78 is 6.90. The molecular weight excluding hydrogens is 274 g/mol. The van der Waals surface area contributed by atoms with Gasteiger partial charge in [-0.3, -0.25) is 4.79 Å². The number of ketones is 1. The maximum atomic E-state index is 12.0. The van der Waals surface area contributed by atoms with Crippen molar-refractivity contribution >= 4 is 23.0 Å². The number of carbonyl (C=O) groups excluding carboxylic acids is 2. The summed E-state index contributed by atoms with van der Waals surface area (Å²) in [5, 5.41) is -0.405. The van der Waals surface area contributed by atoms with Crippen LogP contribution in [-0.4, -0.2) is 29.5 Å². The molecular formula is C15H19NO3S. The molecule has 108 valence electrons. The standard InChI is InChI=1S/C15H19NO3S/c1-15(2)8-7-13(17)11-9-10(5-6-12(11)15)19-14(18)20-16(3)4/h5-6,9H,7-8H2,1-4H3. The van der Waals surface area contributed by atoms with Crippen LogP contribution >= 0.6 is 11.9 Å². The fraction of sp³-hybridized carbons (Fsp3) is 0.467. The fourth-order valence-corrected chi connectivity index (χ4v) is 2.80. The highest BCUT2D eigenvalue weighted by Crippen LogP contribution is 2.38. The maximum absolute atomic E-state index is 12.0. The van der Waals surface area contributed by atoms with Crippen LogP contribution < -0.4 is 4.74 Å². The van der Waals surface area contributed by atoms with E-state index in [2.05, 4.69) is 13.8 Å². The first-order chi connectivity index (χ1) is 9.29. The molecule has 5 heteroatoms. The van der Waals surface area contributed by atoms with Crippen molar-refractivity contribution in [3.05, 3.63) is 29.3 Å². The van der Waals surface area contributed by atoms with Gasteiger partial charge in [-0.15, -0.1) is 0 Å². The molecule has 1 aliphatic rings. The molecule has 0 radical (unpaired) electrons. The van der Waals surface area contributed by atoms with Crippen molar-refractivity contribution in [1.29, 1.82) is 0 Å². The summed E-state index contributed by atoms with van der Waals surface area (Å²) in [5.41, 5.74) is 1.71.